The van der Waals surface area contributed by atoms with Gasteiger partial charge in [-0.05, 0) is 25.0 Å². The standard InChI is InChI=1S/C13H15FO3/c1-16-9-4-5-11(12(14)7-9)13(15)8-10-3-2-6-17-10/h4-5,7,10H,2-3,6,8H2,1H3. The molecule has 0 amide bonds. The van der Waals surface area contributed by atoms with Gasteiger partial charge < -0.3 is 9.47 Å². The van der Waals surface area contributed by atoms with E-state index in [9.17, 15) is 9.18 Å². The molecule has 0 spiro atoms. The molecular weight excluding hydrogens is 223 g/mol. The molecule has 1 saturated heterocycles. The van der Waals surface area contributed by atoms with Crippen LogP contribution in [0.5, 0.6) is 5.75 Å². The van der Waals surface area contributed by atoms with Crippen molar-refractivity contribution in [3.63, 3.8) is 0 Å². The highest BCUT2D eigenvalue weighted by Gasteiger charge is 2.21. The molecule has 17 heavy (non-hydrogen) atoms. The molecule has 92 valence electrons. The molecule has 1 aromatic rings. The Balaban J connectivity index is 2.07. The van der Waals surface area contributed by atoms with Crippen LogP contribution in [0.2, 0.25) is 0 Å². The van der Waals surface area contributed by atoms with E-state index in [-0.39, 0.29) is 23.9 Å². The van der Waals surface area contributed by atoms with Crippen molar-refractivity contribution in [1.82, 2.24) is 0 Å². The number of hydrogen-bond donors (Lipinski definition) is 0. The molecular formula is C13H15FO3. The molecule has 0 N–H and O–H groups in total. The van der Waals surface area contributed by atoms with Crippen molar-refractivity contribution in [2.24, 2.45) is 0 Å². The van der Waals surface area contributed by atoms with Gasteiger partial charge in [0.05, 0.1) is 18.8 Å². The Morgan fingerprint density at radius 1 is 1.59 bits per heavy atom. The van der Waals surface area contributed by atoms with Crippen molar-refractivity contribution in [1.29, 1.82) is 0 Å². The van der Waals surface area contributed by atoms with E-state index in [0.717, 1.165) is 12.8 Å². The third-order valence-electron chi connectivity index (χ3n) is 2.91. The first kappa shape index (κ1) is 12.0. The van der Waals surface area contributed by atoms with Gasteiger partial charge in [0.2, 0.25) is 0 Å². The third-order valence-corrected chi connectivity index (χ3v) is 2.91. The van der Waals surface area contributed by atoms with Crippen LogP contribution in [-0.4, -0.2) is 25.6 Å². The highest BCUT2D eigenvalue weighted by Crippen LogP contribution is 2.21. The van der Waals surface area contributed by atoms with E-state index < -0.39 is 5.82 Å². The van der Waals surface area contributed by atoms with Gasteiger partial charge in [0.25, 0.3) is 0 Å². The van der Waals surface area contributed by atoms with Crippen molar-refractivity contribution in [3.05, 3.63) is 29.6 Å². The molecule has 1 aliphatic heterocycles. The molecule has 4 heteroatoms. The predicted molar refractivity (Wildman–Crippen MR) is 60.9 cm³/mol. The van der Waals surface area contributed by atoms with E-state index in [4.69, 9.17) is 9.47 Å². The summed E-state index contributed by atoms with van der Waals surface area (Å²) in [5, 5.41) is 0. The van der Waals surface area contributed by atoms with E-state index in [1.165, 1.54) is 19.2 Å². The van der Waals surface area contributed by atoms with Crippen molar-refractivity contribution in [2.45, 2.75) is 25.4 Å². The van der Waals surface area contributed by atoms with Crippen LogP contribution in [0, 0.1) is 5.82 Å². The largest absolute Gasteiger partial charge is 0.497 e. The summed E-state index contributed by atoms with van der Waals surface area (Å²) < 4.78 is 23.9. The average Bonchev–Trinajstić information content (AvgIpc) is 2.81. The number of benzene rings is 1. The van der Waals surface area contributed by atoms with Crippen LogP contribution in [0.3, 0.4) is 0 Å². The molecule has 0 aliphatic carbocycles. The summed E-state index contributed by atoms with van der Waals surface area (Å²) in [6, 6.07) is 4.28. The van der Waals surface area contributed by atoms with Crippen LogP contribution < -0.4 is 4.74 Å². The van der Waals surface area contributed by atoms with Crippen molar-refractivity contribution in [3.8, 4) is 5.75 Å². The summed E-state index contributed by atoms with van der Waals surface area (Å²) in [6.07, 6.45) is 2.06. The number of ketones is 1. The van der Waals surface area contributed by atoms with E-state index in [0.29, 0.717) is 12.4 Å². The summed E-state index contributed by atoms with van der Waals surface area (Å²) in [6.45, 7) is 0.697. The van der Waals surface area contributed by atoms with Crippen LogP contribution in [-0.2, 0) is 4.74 Å². The summed E-state index contributed by atoms with van der Waals surface area (Å²) in [5.41, 5.74) is 0.112. The molecule has 0 saturated carbocycles. The Kier molecular flexibility index (Phi) is 3.74. The highest BCUT2D eigenvalue weighted by atomic mass is 19.1. The zero-order chi connectivity index (χ0) is 12.3. The summed E-state index contributed by atoms with van der Waals surface area (Å²) in [4.78, 5) is 11.9. The van der Waals surface area contributed by atoms with Crippen LogP contribution >= 0.6 is 0 Å². The van der Waals surface area contributed by atoms with Crippen LogP contribution in [0.1, 0.15) is 29.6 Å². The third kappa shape index (κ3) is 2.82. The Hall–Kier alpha value is -1.42. The Bertz CT molecular complexity index is 411. The quantitative estimate of drug-likeness (QED) is 0.756. The van der Waals surface area contributed by atoms with Gasteiger partial charge in [-0.1, -0.05) is 0 Å². The van der Waals surface area contributed by atoms with Gasteiger partial charge in [0.1, 0.15) is 11.6 Å². The van der Waals surface area contributed by atoms with Gasteiger partial charge in [-0.25, -0.2) is 4.39 Å². The van der Waals surface area contributed by atoms with Crippen LogP contribution in [0.25, 0.3) is 0 Å². The molecule has 0 aromatic heterocycles. The van der Waals surface area contributed by atoms with Gasteiger partial charge in [-0.2, -0.15) is 0 Å². The van der Waals surface area contributed by atoms with Gasteiger partial charge in [0.15, 0.2) is 5.78 Å². The Labute approximate surface area is 99.5 Å². The zero-order valence-corrected chi connectivity index (χ0v) is 9.74. The van der Waals surface area contributed by atoms with Gasteiger partial charge in [-0.3, -0.25) is 4.79 Å². The molecule has 0 bridgehead atoms. The minimum atomic E-state index is -0.535. The maximum atomic E-state index is 13.6. The summed E-state index contributed by atoms with van der Waals surface area (Å²) >= 11 is 0. The lowest BCUT2D eigenvalue weighted by Gasteiger charge is -2.09. The average molecular weight is 238 g/mol. The first-order chi connectivity index (χ1) is 8.20. The molecule has 1 fully saturated rings. The molecule has 1 unspecified atom stereocenters. The van der Waals surface area contributed by atoms with E-state index in [1.54, 1.807) is 6.07 Å². The summed E-state index contributed by atoms with van der Waals surface area (Å²) in [5.74, 6) is -0.333. The van der Waals surface area contributed by atoms with Crippen molar-refractivity contribution >= 4 is 5.78 Å². The normalized spacial score (nSPS) is 19.3. The second kappa shape index (κ2) is 5.27. The second-order valence-corrected chi connectivity index (χ2v) is 4.11. The number of ether oxygens (including phenoxy) is 2. The molecule has 2 rings (SSSR count). The SMILES string of the molecule is COc1ccc(C(=O)CC2CCCO2)c(F)c1. The maximum Gasteiger partial charge on any atom is 0.168 e. The van der Waals surface area contributed by atoms with Crippen molar-refractivity contribution < 1.29 is 18.7 Å². The van der Waals surface area contributed by atoms with E-state index >= 15 is 0 Å². The predicted octanol–water partition coefficient (Wildman–Crippen LogP) is 2.59. The fraction of sp³-hybridized carbons (Fsp3) is 0.462. The number of halogens is 1. The lowest BCUT2D eigenvalue weighted by atomic mass is 10.0. The lowest BCUT2D eigenvalue weighted by Crippen LogP contribution is -2.13. The smallest absolute Gasteiger partial charge is 0.168 e. The number of carbonyl (C=O) groups excluding carboxylic acids is 1. The Morgan fingerprint density at radius 3 is 3.00 bits per heavy atom. The molecule has 0 radical (unpaired) electrons. The number of carbonyl (C=O) groups is 1. The van der Waals surface area contributed by atoms with Gasteiger partial charge in [-0.15, -0.1) is 0 Å². The fourth-order valence-corrected chi connectivity index (χ4v) is 1.97. The first-order valence-corrected chi connectivity index (χ1v) is 5.69. The zero-order valence-electron chi connectivity index (χ0n) is 9.74. The van der Waals surface area contributed by atoms with Crippen LogP contribution in [0.15, 0.2) is 18.2 Å². The van der Waals surface area contributed by atoms with Crippen LogP contribution in [0.4, 0.5) is 4.39 Å². The van der Waals surface area contributed by atoms with Crippen molar-refractivity contribution in [2.75, 3.05) is 13.7 Å². The molecule has 3 nitrogen and oxygen atoms in total. The van der Waals surface area contributed by atoms with E-state index in [2.05, 4.69) is 0 Å². The maximum absolute atomic E-state index is 13.6. The molecule has 1 aliphatic rings. The Morgan fingerprint density at radius 2 is 2.41 bits per heavy atom. The number of Topliss-reactive ketones (excluding diaryl/α,β-unsaturated/α-hetero) is 1. The lowest BCUT2D eigenvalue weighted by molar-refractivity contribution is 0.0772. The van der Waals surface area contributed by atoms with Gasteiger partial charge >= 0.3 is 0 Å². The number of rotatable bonds is 4. The first-order valence-electron chi connectivity index (χ1n) is 5.69. The second-order valence-electron chi connectivity index (χ2n) is 4.11. The van der Waals surface area contributed by atoms with E-state index in [1.807, 2.05) is 0 Å². The monoisotopic (exact) mass is 238 g/mol. The topological polar surface area (TPSA) is 35.5 Å². The summed E-state index contributed by atoms with van der Waals surface area (Å²) in [7, 11) is 1.46. The number of hydrogen-bond acceptors (Lipinski definition) is 3. The number of methoxy groups -OCH3 is 1. The van der Waals surface area contributed by atoms with Gasteiger partial charge in [0, 0.05) is 19.1 Å². The molecule has 1 atom stereocenters. The minimum Gasteiger partial charge on any atom is -0.497 e. The fourth-order valence-electron chi connectivity index (χ4n) is 1.97. The molecule has 1 heterocycles. The molecule has 1 aromatic carbocycles. The minimum absolute atomic E-state index is 0.0519. The highest BCUT2D eigenvalue weighted by molar-refractivity contribution is 5.96.